The van der Waals surface area contributed by atoms with Gasteiger partial charge in [-0.25, -0.2) is 0 Å². The first-order valence-corrected chi connectivity index (χ1v) is 7.47. The van der Waals surface area contributed by atoms with Crippen LogP contribution in [-0.4, -0.2) is 10.7 Å². The molecular weight excluding hydrogens is 220 g/mol. The molecule has 2 rings (SSSR count). The second-order valence-electron chi connectivity index (χ2n) is 5.81. The van der Waals surface area contributed by atoms with Gasteiger partial charge in [0.1, 0.15) is 0 Å². The molecule has 1 unspecified atom stereocenters. The van der Waals surface area contributed by atoms with Crippen molar-refractivity contribution in [2.24, 2.45) is 5.92 Å². The maximum absolute atomic E-state index is 10.7. The van der Waals surface area contributed by atoms with Gasteiger partial charge in [0, 0.05) is 5.92 Å². The zero-order valence-electron chi connectivity index (χ0n) is 11.4. The molecule has 0 bridgehead atoms. The molecule has 1 atom stereocenters. The van der Waals surface area contributed by atoms with Gasteiger partial charge in [-0.1, -0.05) is 49.1 Å². The summed E-state index contributed by atoms with van der Waals surface area (Å²) in [5.74, 6) is 0.112. The quantitative estimate of drug-likeness (QED) is 0.722. The van der Waals surface area contributed by atoms with Gasteiger partial charge in [0.2, 0.25) is 0 Å². The van der Waals surface area contributed by atoms with E-state index >= 15 is 0 Å². The van der Waals surface area contributed by atoms with E-state index in [1.54, 1.807) is 0 Å². The van der Waals surface area contributed by atoms with E-state index in [4.69, 9.17) is 0 Å². The lowest BCUT2D eigenvalue weighted by Crippen LogP contribution is -2.38. The minimum absolute atomic E-state index is 0.112. The number of rotatable bonds is 4. The van der Waals surface area contributed by atoms with Crippen LogP contribution in [-0.2, 0) is 0 Å². The predicted octanol–water partition coefficient (Wildman–Crippen LogP) is 4.54. The summed E-state index contributed by atoms with van der Waals surface area (Å²) < 4.78 is 0. The van der Waals surface area contributed by atoms with Crippen LogP contribution in [0.1, 0.15) is 57.8 Å². The Labute approximate surface area is 111 Å². The van der Waals surface area contributed by atoms with Gasteiger partial charge >= 0.3 is 0 Å². The fourth-order valence-corrected chi connectivity index (χ4v) is 3.22. The Morgan fingerprint density at radius 2 is 1.94 bits per heavy atom. The standard InChI is InChI=1S/C17H26O/c1-2-16(17(18)13-7-4-8-14-17)12-11-15-9-5-3-6-10-15/h2,9,11-12,16,18H,1,3-8,10,13-14H2/b12-11+. The molecule has 2 aliphatic rings. The lowest BCUT2D eigenvalue weighted by atomic mass is 9.75. The topological polar surface area (TPSA) is 20.2 Å². The highest BCUT2D eigenvalue weighted by molar-refractivity contribution is 5.23. The van der Waals surface area contributed by atoms with E-state index in [1.165, 1.54) is 37.7 Å². The van der Waals surface area contributed by atoms with Gasteiger partial charge in [0.05, 0.1) is 5.60 Å². The van der Waals surface area contributed by atoms with Gasteiger partial charge in [0.15, 0.2) is 0 Å². The summed E-state index contributed by atoms with van der Waals surface area (Å²) in [6.07, 6.45) is 19.1. The minimum Gasteiger partial charge on any atom is -0.389 e. The van der Waals surface area contributed by atoms with Crippen LogP contribution in [0, 0.1) is 5.92 Å². The van der Waals surface area contributed by atoms with Crippen LogP contribution in [0.15, 0.2) is 36.5 Å². The molecule has 1 N–H and O–H groups in total. The first kappa shape index (κ1) is 13.6. The molecule has 0 aliphatic heterocycles. The molecule has 0 radical (unpaired) electrons. The first-order valence-electron chi connectivity index (χ1n) is 7.47. The van der Waals surface area contributed by atoms with Crippen molar-refractivity contribution in [2.45, 2.75) is 63.4 Å². The number of aliphatic hydroxyl groups is 1. The van der Waals surface area contributed by atoms with Gasteiger partial charge in [-0.2, -0.15) is 0 Å². The average molecular weight is 246 g/mol. The second kappa shape index (κ2) is 6.38. The van der Waals surface area contributed by atoms with E-state index in [0.29, 0.717) is 0 Å². The van der Waals surface area contributed by atoms with E-state index < -0.39 is 5.60 Å². The Kier molecular flexibility index (Phi) is 4.82. The highest BCUT2D eigenvalue weighted by atomic mass is 16.3. The van der Waals surface area contributed by atoms with Crippen LogP contribution in [0.4, 0.5) is 0 Å². The van der Waals surface area contributed by atoms with Gasteiger partial charge in [-0.05, 0) is 38.5 Å². The lowest BCUT2D eigenvalue weighted by Gasteiger charge is -2.36. The van der Waals surface area contributed by atoms with Crippen molar-refractivity contribution in [3.05, 3.63) is 36.5 Å². The van der Waals surface area contributed by atoms with E-state index in [0.717, 1.165) is 25.7 Å². The van der Waals surface area contributed by atoms with Crippen molar-refractivity contribution < 1.29 is 5.11 Å². The van der Waals surface area contributed by atoms with E-state index in [1.807, 2.05) is 6.08 Å². The molecule has 0 spiro atoms. The number of hydrogen-bond acceptors (Lipinski definition) is 1. The van der Waals surface area contributed by atoms with Crippen molar-refractivity contribution in [1.29, 1.82) is 0 Å². The summed E-state index contributed by atoms with van der Waals surface area (Å²) in [6.45, 7) is 3.91. The molecule has 100 valence electrons. The minimum atomic E-state index is -0.536. The second-order valence-corrected chi connectivity index (χ2v) is 5.81. The highest BCUT2D eigenvalue weighted by Crippen LogP contribution is 2.36. The SMILES string of the molecule is C=CC(/C=C/C1=CCCCC1)C1(O)CCCCC1. The van der Waals surface area contributed by atoms with Crippen molar-refractivity contribution in [3.63, 3.8) is 0 Å². The molecule has 0 aromatic heterocycles. The first-order chi connectivity index (χ1) is 8.74. The Hall–Kier alpha value is -0.820. The number of hydrogen-bond donors (Lipinski definition) is 1. The van der Waals surface area contributed by atoms with Crippen molar-refractivity contribution >= 4 is 0 Å². The van der Waals surface area contributed by atoms with Gasteiger partial charge < -0.3 is 5.11 Å². The average Bonchev–Trinajstić information content (AvgIpc) is 2.41. The summed E-state index contributed by atoms with van der Waals surface area (Å²) >= 11 is 0. The highest BCUT2D eigenvalue weighted by Gasteiger charge is 2.34. The molecule has 1 heteroatoms. The van der Waals surface area contributed by atoms with E-state index in [-0.39, 0.29) is 5.92 Å². The molecule has 0 heterocycles. The third-order valence-electron chi connectivity index (χ3n) is 4.44. The van der Waals surface area contributed by atoms with Crippen LogP contribution in [0.2, 0.25) is 0 Å². The van der Waals surface area contributed by atoms with Crippen LogP contribution in [0.5, 0.6) is 0 Å². The van der Waals surface area contributed by atoms with Gasteiger partial charge in [0.25, 0.3) is 0 Å². The zero-order chi connectivity index (χ0) is 12.8. The molecule has 1 nitrogen and oxygen atoms in total. The van der Waals surface area contributed by atoms with Crippen molar-refractivity contribution in [3.8, 4) is 0 Å². The molecule has 0 amide bonds. The molecule has 18 heavy (non-hydrogen) atoms. The van der Waals surface area contributed by atoms with Crippen LogP contribution < -0.4 is 0 Å². The maximum atomic E-state index is 10.7. The van der Waals surface area contributed by atoms with Crippen molar-refractivity contribution in [1.82, 2.24) is 0 Å². The van der Waals surface area contributed by atoms with Gasteiger partial charge in [-0.3, -0.25) is 0 Å². The maximum Gasteiger partial charge on any atom is 0.0744 e. The molecule has 0 aromatic carbocycles. The molecule has 1 fully saturated rings. The van der Waals surface area contributed by atoms with Crippen LogP contribution >= 0.6 is 0 Å². The normalized spacial score (nSPS) is 25.7. The fraction of sp³-hybridized carbons (Fsp3) is 0.647. The Morgan fingerprint density at radius 1 is 1.17 bits per heavy atom. The third kappa shape index (κ3) is 3.35. The summed E-state index contributed by atoms with van der Waals surface area (Å²) in [7, 11) is 0. The lowest BCUT2D eigenvalue weighted by molar-refractivity contribution is -0.0185. The predicted molar refractivity (Wildman–Crippen MR) is 77.4 cm³/mol. The number of allylic oxidation sites excluding steroid dienone is 3. The molecular formula is C17H26O. The van der Waals surface area contributed by atoms with E-state index in [2.05, 4.69) is 24.8 Å². The largest absolute Gasteiger partial charge is 0.389 e. The smallest absolute Gasteiger partial charge is 0.0744 e. The summed E-state index contributed by atoms with van der Waals surface area (Å²) in [4.78, 5) is 0. The van der Waals surface area contributed by atoms with Crippen LogP contribution in [0.3, 0.4) is 0 Å². The monoisotopic (exact) mass is 246 g/mol. The molecule has 0 saturated heterocycles. The molecule has 0 aromatic rings. The van der Waals surface area contributed by atoms with Crippen LogP contribution in [0.25, 0.3) is 0 Å². The van der Waals surface area contributed by atoms with E-state index in [9.17, 15) is 5.11 Å². The van der Waals surface area contributed by atoms with Crippen molar-refractivity contribution in [2.75, 3.05) is 0 Å². The Balaban J connectivity index is 2.01. The Morgan fingerprint density at radius 3 is 2.56 bits per heavy atom. The summed E-state index contributed by atoms with van der Waals surface area (Å²) in [5.41, 5.74) is 0.902. The molecule has 1 saturated carbocycles. The third-order valence-corrected chi connectivity index (χ3v) is 4.44. The van der Waals surface area contributed by atoms with Gasteiger partial charge in [-0.15, -0.1) is 6.58 Å². The fourth-order valence-electron chi connectivity index (χ4n) is 3.22. The Bertz CT molecular complexity index is 332. The summed E-state index contributed by atoms with van der Waals surface area (Å²) in [5, 5.41) is 10.7. The summed E-state index contributed by atoms with van der Waals surface area (Å²) in [6, 6.07) is 0. The zero-order valence-corrected chi connectivity index (χ0v) is 11.4. The molecule has 2 aliphatic carbocycles.